The number of benzene rings is 4. The van der Waals surface area contributed by atoms with E-state index in [0.29, 0.717) is 0 Å². The summed E-state index contributed by atoms with van der Waals surface area (Å²) >= 11 is 1.94. The van der Waals surface area contributed by atoms with Gasteiger partial charge in [0.1, 0.15) is 5.76 Å². The van der Waals surface area contributed by atoms with Crippen molar-refractivity contribution in [3.05, 3.63) is 89.8 Å². The molecule has 5 aromatic rings. The van der Waals surface area contributed by atoms with E-state index in [1.54, 1.807) is 0 Å². The molecule has 1 aliphatic heterocycles. The maximum atomic E-state index is 12.0. The molecule has 0 bridgehead atoms. The first-order valence-electron chi connectivity index (χ1n) is 20.0. The second-order valence-corrected chi connectivity index (χ2v) is 18.6. The second-order valence-electron chi connectivity index (χ2n) is 17.5. The number of carbonyl (C=O) groups excluding carboxylic acids is 1. The first kappa shape index (κ1) is 43.7. The molecule has 0 saturated heterocycles. The van der Waals surface area contributed by atoms with Gasteiger partial charge in [-0.05, 0) is 106 Å². The third-order valence-corrected chi connectivity index (χ3v) is 12.7. The maximum absolute atomic E-state index is 12.0. The number of fused-ring (bicyclic) bond motifs is 5. The fourth-order valence-corrected chi connectivity index (χ4v) is 9.29. The Hall–Kier alpha value is -2.98. The van der Waals surface area contributed by atoms with Crippen LogP contribution in [0.5, 0.6) is 0 Å². The van der Waals surface area contributed by atoms with Gasteiger partial charge in [0.15, 0.2) is 5.78 Å². The normalized spacial score (nSPS) is 13.1. The average Bonchev–Trinajstić information content (AvgIpc) is 3.11. The molecule has 2 heterocycles. The summed E-state index contributed by atoms with van der Waals surface area (Å²) in [5.41, 5.74) is 5.45. The van der Waals surface area contributed by atoms with Crippen molar-refractivity contribution in [1.29, 1.82) is 0 Å². The van der Waals surface area contributed by atoms with Crippen LogP contribution < -0.4 is 0 Å². The van der Waals surface area contributed by atoms with Crippen LogP contribution in [-0.4, -0.2) is 15.9 Å². The van der Waals surface area contributed by atoms with Gasteiger partial charge >= 0.3 is 0 Å². The van der Waals surface area contributed by atoms with E-state index in [1.807, 2.05) is 31.8 Å². The van der Waals surface area contributed by atoms with Crippen molar-refractivity contribution in [2.75, 3.05) is 0 Å². The predicted molar refractivity (Wildman–Crippen MR) is 229 cm³/mol. The van der Waals surface area contributed by atoms with Crippen LogP contribution >= 0.6 is 11.8 Å². The minimum Gasteiger partial charge on any atom is -0.512 e. The number of hydrogen-bond donors (Lipinski definition) is 1. The smallest absolute Gasteiger partial charge is 0.162 e. The summed E-state index contributed by atoms with van der Waals surface area (Å²) in [4.78, 5) is 19.6. The van der Waals surface area contributed by atoms with Crippen molar-refractivity contribution >= 4 is 49.9 Å². The van der Waals surface area contributed by atoms with Gasteiger partial charge in [-0.3, -0.25) is 9.78 Å². The maximum Gasteiger partial charge on any atom is 0.162 e. The molecular formula is C49H62IrNO2S-. The molecule has 0 fully saturated rings. The number of aryl methyl sites for hydroxylation is 1. The van der Waals surface area contributed by atoms with Gasteiger partial charge < -0.3 is 5.11 Å². The Kier molecular flexibility index (Phi) is 14.5. The third kappa shape index (κ3) is 9.34. The van der Waals surface area contributed by atoms with Gasteiger partial charge in [-0.25, -0.2) is 0 Å². The van der Waals surface area contributed by atoms with E-state index in [4.69, 9.17) is 4.98 Å². The monoisotopic (exact) mass is 921 g/mol. The molecule has 4 aromatic carbocycles. The van der Waals surface area contributed by atoms with Gasteiger partial charge in [0.05, 0.1) is 0 Å². The largest absolute Gasteiger partial charge is 0.512 e. The molecule has 0 unspecified atom stereocenters. The quantitative estimate of drug-likeness (QED) is 0.0609. The number of ketones is 1. The van der Waals surface area contributed by atoms with Crippen molar-refractivity contribution < 1.29 is 30.0 Å². The zero-order valence-electron chi connectivity index (χ0n) is 34.6. The number of carbonyl (C=O) groups is 1. The zero-order chi connectivity index (χ0) is 38.7. The minimum absolute atomic E-state index is 0. The van der Waals surface area contributed by atoms with Gasteiger partial charge in [-0.15, -0.1) is 29.3 Å². The minimum atomic E-state index is -0.207. The molecule has 0 amide bonds. The number of nitrogens with zero attached hydrogens (tertiary/aromatic N) is 1. The van der Waals surface area contributed by atoms with Crippen molar-refractivity contribution in [2.45, 2.75) is 137 Å². The van der Waals surface area contributed by atoms with Crippen LogP contribution in [0.3, 0.4) is 0 Å². The number of pyridine rings is 1. The van der Waals surface area contributed by atoms with E-state index in [-0.39, 0.29) is 53.8 Å². The summed E-state index contributed by atoms with van der Waals surface area (Å²) in [6.45, 7) is 24.2. The van der Waals surface area contributed by atoms with E-state index >= 15 is 0 Å². The fraction of sp³-hybridized carbons (Fsp3) is 0.469. The fourth-order valence-electron chi connectivity index (χ4n) is 8.00. The van der Waals surface area contributed by atoms with Gasteiger partial charge in [0, 0.05) is 54.3 Å². The van der Waals surface area contributed by atoms with Gasteiger partial charge in [-0.1, -0.05) is 129 Å². The predicted octanol–water partition coefficient (Wildman–Crippen LogP) is 14.7. The van der Waals surface area contributed by atoms with Crippen LogP contribution in [0.25, 0.3) is 43.6 Å². The molecule has 5 heteroatoms. The SMILES string of the molecule is CC(C)(C)CCc1c2c([c-]c3ccccc13)-c1nccc3c1c(cc1c(CC(C)(C)C)cccc13)S2.CCC(CC)C(=O)/C=C(\O)C(CC)(CC)CC.[Ir]. The Morgan fingerprint density at radius 3 is 2.09 bits per heavy atom. The van der Waals surface area contributed by atoms with Crippen molar-refractivity contribution in [1.82, 2.24) is 4.98 Å². The van der Waals surface area contributed by atoms with Crippen LogP contribution in [0, 0.1) is 28.2 Å². The summed E-state index contributed by atoms with van der Waals surface area (Å²) in [6.07, 6.45) is 11.0. The number of hydrogen-bond acceptors (Lipinski definition) is 4. The summed E-state index contributed by atoms with van der Waals surface area (Å²) in [5.74, 6) is 0.412. The van der Waals surface area contributed by atoms with E-state index < -0.39 is 0 Å². The number of allylic oxidation sites excluding steroid dienone is 2. The Bertz CT molecular complexity index is 2120. The van der Waals surface area contributed by atoms with Crippen LogP contribution in [0.1, 0.15) is 126 Å². The van der Waals surface area contributed by atoms with E-state index in [2.05, 4.69) is 123 Å². The number of aliphatic hydroxyl groups is 1. The number of aliphatic hydroxyl groups excluding tert-OH is 1. The first-order valence-corrected chi connectivity index (χ1v) is 20.8. The molecule has 1 N–H and O–H groups in total. The third-order valence-electron chi connectivity index (χ3n) is 11.5. The van der Waals surface area contributed by atoms with Gasteiger partial charge in [0.2, 0.25) is 0 Å². The summed E-state index contributed by atoms with van der Waals surface area (Å²) in [5, 5.41) is 18.0. The first-order chi connectivity index (χ1) is 25.1. The molecule has 0 spiro atoms. The van der Waals surface area contributed by atoms with Crippen molar-refractivity contribution in [3.8, 4) is 11.3 Å². The second kappa shape index (κ2) is 17.9. The molecule has 0 atom stereocenters. The Labute approximate surface area is 343 Å². The topological polar surface area (TPSA) is 50.2 Å². The van der Waals surface area contributed by atoms with Crippen LogP contribution in [-0.2, 0) is 37.7 Å². The summed E-state index contributed by atoms with van der Waals surface area (Å²) < 4.78 is 0. The molecule has 6 rings (SSSR count). The molecule has 1 aliphatic rings. The molecular weight excluding hydrogens is 859 g/mol. The molecule has 0 aliphatic carbocycles. The molecule has 1 radical (unpaired) electrons. The number of aromatic nitrogens is 1. The van der Waals surface area contributed by atoms with E-state index in [0.717, 1.165) is 57.1 Å². The van der Waals surface area contributed by atoms with E-state index in [1.165, 1.54) is 64.9 Å². The van der Waals surface area contributed by atoms with Gasteiger partial charge in [0.25, 0.3) is 0 Å². The van der Waals surface area contributed by atoms with Crippen LogP contribution in [0.2, 0.25) is 0 Å². The molecule has 54 heavy (non-hydrogen) atoms. The van der Waals surface area contributed by atoms with Crippen LogP contribution in [0.15, 0.2) is 82.4 Å². The number of rotatable bonds is 11. The summed E-state index contributed by atoms with van der Waals surface area (Å²) in [7, 11) is 0. The Morgan fingerprint density at radius 1 is 0.833 bits per heavy atom. The Balaban J connectivity index is 0.000000309. The van der Waals surface area contributed by atoms with Crippen LogP contribution in [0.4, 0.5) is 0 Å². The standard InChI is InChI=1S/C34H34NS.C15H28O2.Ir/c1-33(2,3)16-14-26-23-12-8-7-10-21(23)18-28-31-30-25(15-17-35-31)24-13-9-11-22(20-34(4,5)6)27(24)19-29(30)36-32(26)28;1-6-12(7-2)13(16)11-14(17)15(8-3,9-4)10-5;/h7-13,15,17,19H,14,16,20H2,1-6H3;11-12,17H,6-10H2,1-5H3;/q-1;;/b;14-11-;. The van der Waals surface area contributed by atoms with Crippen molar-refractivity contribution in [3.63, 3.8) is 0 Å². The zero-order valence-corrected chi connectivity index (χ0v) is 37.8. The Morgan fingerprint density at radius 2 is 1.48 bits per heavy atom. The molecule has 291 valence electrons. The van der Waals surface area contributed by atoms with Gasteiger partial charge in [-0.2, -0.15) is 0 Å². The summed E-state index contributed by atoms with van der Waals surface area (Å²) in [6, 6.07) is 24.0. The average molecular weight is 921 g/mol. The van der Waals surface area contributed by atoms with Crippen molar-refractivity contribution in [2.24, 2.45) is 22.2 Å². The van der Waals surface area contributed by atoms with E-state index in [9.17, 15) is 9.90 Å². The molecule has 1 aromatic heterocycles. The molecule has 0 saturated carbocycles. The molecule has 3 nitrogen and oxygen atoms in total.